The van der Waals surface area contributed by atoms with Crippen molar-refractivity contribution in [2.45, 2.75) is 118 Å². The SMILES string of the molecule is CCCCCCN(C(=O)C(C)NC(=O)OC(C)(C)C)C(C(=O)NCCCCC)c1c(C)cccc1C. The van der Waals surface area contributed by atoms with E-state index in [0.717, 1.165) is 61.6 Å². The Morgan fingerprint density at radius 1 is 0.944 bits per heavy atom. The highest BCUT2D eigenvalue weighted by Gasteiger charge is 2.35. The van der Waals surface area contributed by atoms with E-state index in [1.807, 2.05) is 32.0 Å². The molecule has 3 amide bonds. The van der Waals surface area contributed by atoms with Gasteiger partial charge in [-0.2, -0.15) is 0 Å². The number of carbonyl (C=O) groups is 3. The van der Waals surface area contributed by atoms with Crippen LogP contribution in [0.1, 0.15) is 109 Å². The van der Waals surface area contributed by atoms with E-state index in [0.29, 0.717) is 13.1 Å². The summed E-state index contributed by atoms with van der Waals surface area (Å²) in [6, 6.07) is 4.30. The Labute approximate surface area is 218 Å². The molecule has 0 spiro atoms. The van der Waals surface area contributed by atoms with Crippen LogP contribution in [0, 0.1) is 13.8 Å². The van der Waals surface area contributed by atoms with E-state index in [4.69, 9.17) is 4.74 Å². The van der Waals surface area contributed by atoms with E-state index < -0.39 is 23.8 Å². The summed E-state index contributed by atoms with van der Waals surface area (Å²) < 4.78 is 5.36. The molecule has 2 N–H and O–H groups in total. The van der Waals surface area contributed by atoms with Gasteiger partial charge in [-0.3, -0.25) is 9.59 Å². The molecule has 0 aliphatic rings. The first-order valence-corrected chi connectivity index (χ1v) is 13.6. The molecule has 0 fully saturated rings. The molecule has 0 saturated heterocycles. The van der Waals surface area contributed by atoms with Crippen LogP contribution in [0.4, 0.5) is 4.79 Å². The van der Waals surface area contributed by atoms with Gasteiger partial charge in [0.15, 0.2) is 0 Å². The summed E-state index contributed by atoms with van der Waals surface area (Å²) in [5, 5.41) is 5.74. The number of carbonyl (C=O) groups excluding carboxylic acids is 3. The van der Waals surface area contributed by atoms with E-state index in [1.165, 1.54) is 0 Å². The lowest BCUT2D eigenvalue weighted by molar-refractivity contribution is -0.142. The first kappa shape index (κ1) is 31.5. The van der Waals surface area contributed by atoms with Crippen molar-refractivity contribution in [3.8, 4) is 0 Å². The number of nitrogens with one attached hydrogen (secondary N) is 2. The molecule has 204 valence electrons. The van der Waals surface area contributed by atoms with E-state index in [2.05, 4.69) is 24.5 Å². The van der Waals surface area contributed by atoms with Gasteiger partial charge in [0.1, 0.15) is 17.7 Å². The average Bonchev–Trinajstić information content (AvgIpc) is 2.78. The maximum Gasteiger partial charge on any atom is 0.408 e. The standard InChI is InChI=1S/C29H49N3O4/c1-9-11-13-15-20-32(27(34)23(5)31-28(35)36-29(6,7)8)25(26(33)30-19-14-12-10-2)24-21(3)17-16-18-22(24)4/h16-18,23,25H,9-15,19-20H2,1-8H3,(H,30,33)(H,31,35). The molecule has 1 aromatic rings. The second-order valence-corrected chi connectivity index (χ2v) is 10.7. The fourth-order valence-electron chi connectivity index (χ4n) is 4.24. The zero-order chi connectivity index (χ0) is 27.3. The highest BCUT2D eigenvalue weighted by molar-refractivity contribution is 5.92. The van der Waals surface area contributed by atoms with Crippen molar-refractivity contribution >= 4 is 17.9 Å². The number of rotatable bonds is 14. The first-order valence-electron chi connectivity index (χ1n) is 13.6. The van der Waals surface area contributed by atoms with E-state index in [-0.39, 0.29) is 11.8 Å². The number of hydrogen-bond acceptors (Lipinski definition) is 4. The predicted octanol–water partition coefficient (Wildman–Crippen LogP) is 5.97. The Morgan fingerprint density at radius 2 is 1.53 bits per heavy atom. The van der Waals surface area contributed by atoms with Crippen LogP contribution in [0.3, 0.4) is 0 Å². The number of nitrogens with zero attached hydrogens (tertiary/aromatic N) is 1. The van der Waals surface area contributed by atoms with Gasteiger partial charge in [-0.15, -0.1) is 0 Å². The van der Waals surface area contributed by atoms with E-state index >= 15 is 0 Å². The van der Waals surface area contributed by atoms with Gasteiger partial charge in [-0.1, -0.05) is 64.2 Å². The minimum Gasteiger partial charge on any atom is -0.444 e. The quantitative estimate of drug-likeness (QED) is 0.306. The van der Waals surface area contributed by atoms with Gasteiger partial charge in [0.25, 0.3) is 0 Å². The van der Waals surface area contributed by atoms with Crippen molar-refractivity contribution in [2.75, 3.05) is 13.1 Å². The van der Waals surface area contributed by atoms with Gasteiger partial charge in [0.05, 0.1) is 0 Å². The molecule has 2 unspecified atom stereocenters. The fraction of sp³-hybridized carbons (Fsp3) is 0.690. The van der Waals surface area contributed by atoms with Crippen molar-refractivity contribution < 1.29 is 19.1 Å². The van der Waals surface area contributed by atoms with Gasteiger partial charge in [-0.05, 0) is 71.1 Å². The van der Waals surface area contributed by atoms with Crippen LogP contribution >= 0.6 is 0 Å². The normalized spacial score (nSPS) is 13.0. The topological polar surface area (TPSA) is 87.7 Å². The molecule has 2 atom stereocenters. The third-order valence-electron chi connectivity index (χ3n) is 6.09. The minimum absolute atomic E-state index is 0.184. The van der Waals surface area contributed by atoms with Crippen LogP contribution < -0.4 is 10.6 Å². The molecule has 7 heteroatoms. The summed E-state index contributed by atoms with van der Waals surface area (Å²) in [6.45, 7) is 16.2. The molecule has 1 rings (SSSR count). The van der Waals surface area contributed by atoms with Gasteiger partial charge in [0.2, 0.25) is 11.8 Å². The van der Waals surface area contributed by atoms with Crippen LogP contribution in [0.15, 0.2) is 18.2 Å². The number of unbranched alkanes of at least 4 members (excludes halogenated alkanes) is 5. The molecular weight excluding hydrogens is 454 g/mol. The van der Waals surface area contributed by atoms with Crippen LogP contribution in [0.25, 0.3) is 0 Å². The Kier molecular flexibility index (Phi) is 13.6. The third-order valence-corrected chi connectivity index (χ3v) is 6.09. The van der Waals surface area contributed by atoms with E-state index in [9.17, 15) is 14.4 Å². The van der Waals surface area contributed by atoms with Crippen molar-refractivity contribution in [1.29, 1.82) is 0 Å². The highest BCUT2D eigenvalue weighted by Crippen LogP contribution is 2.29. The van der Waals surface area contributed by atoms with Crippen molar-refractivity contribution in [3.63, 3.8) is 0 Å². The lowest BCUT2D eigenvalue weighted by atomic mass is 9.93. The summed E-state index contributed by atoms with van der Waals surface area (Å²) >= 11 is 0. The zero-order valence-electron chi connectivity index (χ0n) is 23.8. The van der Waals surface area contributed by atoms with E-state index in [1.54, 1.807) is 32.6 Å². The monoisotopic (exact) mass is 503 g/mol. The minimum atomic E-state index is -0.842. The van der Waals surface area contributed by atoms with Crippen molar-refractivity contribution in [1.82, 2.24) is 15.5 Å². The Morgan fingerprint density at radius 3 is 2.08 bits per heavy atom. The third kappa shape index (κ3) is 10.6. The van der Waals surface area contributed by atoms with Crippen molar-refractivity contribution in [2.24, 2.45) is 0 Å². The number of ether oxygens (including phenoxy) is 1. The zero-order valence-corrected chi connectivity index (χ0v) is 23.8. The molecular formula is C29H49N3O4. The van der Waals surface area contributed by atoms with Gasteiger partial charge >= 0.3 is 6.09 Å². The Bertz CT molecular complexity index is 827. The number of hydrogen-bond donors (Lipinski definition) is 2. The number of aryl methyl sites for hydroxylation is 2. The molecule has 1 aromatic carbocycles. The summed E-state index contributed by atoms with van der Waals surface area (Å²) in [5.74, 6) is -0.481. The smallest absolute Gasteiger partial charge is 0.408 e. The fourth-order valence-corrected chi connectivity index (χ4v) is 4.24. The lowest BCUT2D eigenvalue weighted by Gasteiger charge is -2.35. The first-order chi connectivity index (χ1) is 16.9. The van der Waals surface area contributed by atoms with Gasteiger partial charge in [0, 0.05) is 13.1 Å². The Hall–Kier alpha value is -2.57. The molecule has 0 heterocycles. The van der Waals surface area contributed by atoms with Gasteiger partial charge < -0.3 is 20.3 Å². The second kappa shape index (κ2) is 15.5. The molecule has 7 nitrogen and oxygen atoms in total. The lowest BCUT2D eigenvalue weighted by Crippen LogP contribution is -2.52. The molecule has 0 aliphatic heterocycles. The highest BCUT2D eigenvalue weighted by atomic mass is 16.6. The van der Waals surface area contributed by atoms with Crippen LogP contribution in [-0.4, -0.2) is 47.5 Å². The largest absolute Gasteiger partial charge is 0.444 e. The molecule has 36 heavy (non-hydrogen) atoms. The number of alkyl carbamates (subject to hydrolysis) is 1. The predicted molar refractivity (Wildman–Crippen MR) is 146 cm³/mol. The van der Waals surface area contributed by atoms with Crippen LogP contribution in [0.5, 0.6) is 0 Å². The number of benzene rings is 1. The molecule has 0 saturated carbocycles. The summed E-state index contributed by atoms with van der Waals surface area (Å²) in [7, 11) is 0. The summed E-state index contributed by atoms with van der Waals surface area (Å²) in [5.41, 5.74) is 2.09. The molecule has 0 aromatic heterocycles. The number of amides is 3. The molecule has 0 radical (unpaired) electrons. The van der Waals surface area contributed by atoms with Crippen molar-refractivity contribution in [3.05, 3.63) is 34.9 Å². The average molecular weight is 504 g/mol. The molecule has 0 bridgehead atoms. The maximum absolute atomic E-state index is 13.8. The summed E-state index contributed by atoms with van der Waals surface area (Å²) in [4.78, 5) is 41.5. The molecule has 0 aliphatic carbocycles. The Balaban J connectivity index is 3.34. The van der Waals surface area contributed by atoms with Gasteiger partial charge in [-0.25, -0.2) is 4.79 Å². The second-order valence-electron chi connectivity index (χ2n) is 10.7. The van der Waals surface area contributed by atoms with Crippen LogP contribution in [-0.2, 0) is 14.3 Å². The van der Waals surface area contributed by atoms with Crippen LogP contribution in [0.2, 0.25) is 0 Å². The summed E-state index contributed by atoms with van der Waals surface area (Å²) in [6.07, 6.45) is 6.21. The maximum atomic E-state index is 13.8.